The van der Waals surface area contributed by atoms with Crippen molar-refractivity contribution in [2.24, 2.45) is 12.1 Å². The molecule has 0 saturated heterocycles. The lowest BCUT2D eigenvalue weighted by Crippen LogP contribution is -2.39. The summed E-state index contributed by atoms with van der Waals surface area (Å²) in [5, 5.41) is 4.11. The van der Waals surface area contributed by atoms with Gasteiger partial charge in [0.05, 0.1) is 12.3 Å². The summed E-state index contributed by atoms with van der Waals surface area (Å²) in [7, 11) is 1.64. The van der Waals surface area contributed by atoms with Crippen molar-refractivity contribution >= 4 is 22.8 Å². The Labute approximate surface area is 120 Å². The van der Waals surface area contributed by atoms with Crippen LogP contribution < -0.4 is 16.7 Å². The lowest BCUT2D eigenvalue weighted by Gasteiger charge is -2.13. The molecule has 1 aliphatic rings. The van der Waals surface area contributed by atoms with Gasteiger partial charge in [0, 0.05) is 13.6 Å². The first-order valence-corrected chi connectivity index (χ1v) is 7.03. The Morgan fingerprint density at radius 3 is 2.81 bits per heavy atom. The molecule has 0 bridgehead atoms. The molecule has 1 aliphatic heterocycles. The molecule has 8 nitrogen and oxygen atoms in total. The van der Waals surface area contributed by atoms with Gasteiger partial charge in [0.2, 0.25) is 5.95 Å². The Morgan fingerprint density at radius 1 is 1.33 bits per heavy atom. The van der Waals surface area contributed by atoms with E-state index in [0.29, 0.717) is 30.2 Å². The highest BCUT2D eigenvalue weighted by Crippen LogP contribution is 2.18. The molecule has 0 atom stereocenters. The number of aryl methyl sites for hydroxylation is 1. The van der Waals surface area contributed by atoms with Crippen molar-refractivity contribution in [2.75, 3.05) is 5.43 Å². The zero-order valence-electron chi connectivity index (χ0n) is 12.4. The maximum Gasteiger partial charge on any atom is 0.332 e. The SMILES string of the molecule is CCCCn1c(=O)c2c(nc3n2CC(C)=NN3)n(C)c1=O. The standard InChI is InChI=1S/C13H18N6O2/c1-4-5-6-18-11(20)9-10(17(3)13(18)21)14-12-16-15-8(2)7-19(9)12/h4-7H2,1-3H3,(H,14,16). The number of rotatable bonds is 3. The predicted molar refractivity (Wildman–Crippen MR) is 80.9 cm³/mol. The van der Waals surface area contributed by atoms with Crippen LogP contribution >= 0.6 is 0 Å². The van der Waals surface area contributed by atoms with Crippen molar-refractivity contribution in [3.05, 3.63) is 20.8 Å². The van der Waals surface area contributed by atoms with Crippen LogP contribution in [0, 0.1) is 0 Å². The van der Waals surface area contributed by atoms with Gasteiger partial charge in [-0.15, -0.1) is 0 Å². The number of aromatic nitrogens is 4. The van der Waals surface area contributed by atoms with Gasteiger partial charge in [0.25, 0.3) is 5.56 Å². The van der Waals surface area contributed by atoms with Gasteiger partial charge in [-0.25, -0.2) is 10.2 Å². The Balaban J connectivity index is 2.32. The maximum absolute atomic E-state index is 12.7. The quantitative estimate of drug-likeness (QED) is 0.891. The normalized spacial score (nSPS) is 14.0. The number of hydrogen-bond donors (Lipinski definition) is 1. The molecular formula is C13H18N6O2. The van der Waals surface area contributed by atoms with Gasteiger partial charge in [-0.2, -0.15) is 10.1 Å². The molecule has 0 aromatic carbocycles. The van der Waals surface area contributed by atoms with Crippen LogP contribution in [0.1, 0.15) is 26.7 Å². The zero-order chi connectivity index (χ0) is 15.1. The van der Waals surface area contributed by atoms with Gasteiger partial charge in [0.15, 0.2) is 11.2 Å². The minimum absolute atomic E-state index is 0.281. The second-order valence-corrected chi connectivity index (χ2v) is 5.30. The summed E-state index contributed by atoms with van der Waals surface area (Å²) in [6.07, 6.45) is 1.71. The van der Waals surface area contributed by atoms with Crippen LogP contribution in [-0.4, -0.2) is 24.4 Å². The smallest absolute Gasteiger partial charge is 0.297 e. The van der Waals surface area contributed by atoms with Crippen LogP contribution in [0.2, 0.25) is 0 Å². The van der Waals surface area contributed by atoms with E-state index in [4.69, 9.17) is 0 Å². The minimum atomic E-state index is -0.325. The topological polar surface area (TPSA) is 86.2 Å². The summed E-state index contributed by atoms with van der Waals surface area (Å²) < 4.78 is 4.50. The Morgan fingerprint density at radius 2 is 2.10 bits per heavy atom. The van der Waals surface area contributed by atoms with Crippen LogP contribution in [0.25, 0.3) is 11.2 Å². The fourth-order valence-electron chi connectivity index (χ4n) is 2.53. The molecule has 0 spiro atoms. The van der Waals surface area contributed by atoms with E-state index in [-0.39, 0.29) is 11.2 Å². The highest BCUT2D eigenvalue weighted by Gasteiger charge is 2.22. The largest absolute Gasteiger partial charge is 0.332 e. The van der Waals surface area contributed by atoms with Crippen molar-refractivity contribution in [3.63, 3.8) is 0 Å². The third-order valence-electron chi connectivity index (χ3n) is 3.70. The zero-order valence-corrected chi connectivity index (χ0v) is 12.4. The van der Waals surface area contributed by atoms with E-state index in [2.05, 4.69) is 15.5 Å². The van der Waals surface area contributed by atoms with Crippen molar-refractivity contribution < 1.29 is 0 Å². The summed E-state index contributed by atoms with van der Waals surface area (Å²) in [6.45, 7) is 4.83. The summed E-state index contributed by atoms with van der Waals surface area (Å²) in [5.74, 6) is 0.496. The second kappa shape index (κ2) is 4.87. The average Bonchev–Trinajstić information content (AvgIpc) is 2.84. The Bertz CT molecular complexity index is 854. The van der Waals surface area contributed by atoms with E-state index in [1.807, 2.05) is 13.8 Å². The van der Waals surface area contributed by atoms with E-state index < -0.39 is 0 Å². The number of anilines is 1. The minimum Gasteiger partial charge on any atom is -0.297 e. The molecule has 0 fully saturated rings. The molecule has 3 rings (SSSR count). The highest BCUT2D eigenvalue weighted by molar-refractivity contribution is 5.87. The van der Waals surface area contributed by atoms with Gasteiger partial charge in [-0.3, -0.25) is 18.5 Å². The average molecular weight is 290 g/mol. The molecule has 0 aliphatic carbocycles. The van der Waals surface area contributed by atoms with Gasteiger partial charge in [-0.05, 0) is 13.3 Å². The Hall–Kier alpha value is -2.38. The summed E-state index contributed by atoms with van der Waals surface area (Å²) in [5.41, 5.74) is 3.91. The van der Waals surface area contributed by atoms with E-state index in [1.165, 1.54) is 9.13 Å². The number of hydrazone groups is 1. The second-order valence-electron chi connectivity index (χ2n) is 5.30. The molecule has 21 heavy (non-hydrogen) atoms. The molecule has 3 heterocycles. The molecule has 1 N–H and O–H groups in total. The summed E-state index contributed by atoms with van der Waals surface area (Å²) in [6, 6.07) is 0. The van der Waals surface area contributed by atoms with Gasteiger partial charge >= 0.3 is 5.69 Å². The van der Waals surface area contributed by atoms with E-state index in [0.717, 1.165) is 18.6 Å². The number of unbranched alkanes of at least 4 members (excludes halogenated alkanes) is 1. The summed E-state index contributed by atoms with van der Waals surface area (Å²) in [4.78, 5) is 29.3. The van der Waals surface area contributed by atoms with Crippen molar-refractivity contribution in [1.29, 1.82) is 0 Å². The molecule has 112 valence electrons. The lowest BCUT2D eigenvalue weighted by molar-refractivity contribution is 0.565. The molecule has 0 unspecified atom stereocenters. The molecule has 0 saturated carbocycles. The fraction of sp³-hybridized carbons (Fsp3) is 0.538. The van der Waals surface area contributed by atoms with Crippen LogP contribution in [0.3, 0.4) is 0 Å². The Kier molecular flexibility index (Phi) is 3.15. The first-order chi connectivity index (χ1) is 10.0. The number of nitrogens with zero attached hydrogens (tertiary/aromatic N) is 5. The van der Waals surface area contributed by atoms with Gasteiger partial charge in [-0.1, -0.05) is 13.3 Å². The van der Waals surface area contributed by atoms with Gasteiger partial charge < -0.3 is 0 Å². The highest BCUT2D eigenvalue weighted by atomic mass is 16.2. The molecule has 0 amide bonds. The summed E-state index contributed by atoms with van der Waals surface area (Å²) >= 11 is 0. The van der Waals surface area contributed by atoms with Crippen molar-refractivity contribution in [2.45, 2.75) is 39.8 Å². The molecule has 0 radical (unpaired) electrons. The van der Waals surface area contributed by atoms with E-state index in [1.54, 1.807) is 11.6 Å². The fourth-order valence-corrected chi connectivity index (χ4v) is 2.53. The number of hydrogen-bond acceptors (Lipinski definition) is 5. The molecule has 2 aromatic heterocycles. The molecular weight excluding hydrogens is 272 g/mol. The molecule has 2 aromatic rings. The number of fused-ring (bicyclic) bond motifs is 3. The van der Waals surface area contributed by atoms with E-state index in [9.17, 15) is 9.59 Å². The van der Waals surface area contributed by atoms with Crippen LogP contribution in [-0.2, 0) is 20.1 Å². The monoisotopic (exact) mass is 290 g/mol. The first-order valence-electron chi connectivity index (χ1n) is 7.03. The number of nitrogens with one attached hydrogen (secondary N) is 1. The van der Waals surface area contributed by atoms with Crippen LogP contribution in [0.15, 0.2) is 14.7 Å². The van der Waals surface area contributed by atoms with Crippen molar-refractivity contribution in [3.8, 4) is 0 Å². The predicted octanol–water partition coefficient (Wildman–Crippen LogP) is 0.498. The van der Waals surface area contributed by atoms with Gasteiger partial charge in [0.1, 0.15) is 0 Å². The van der Waals surface area contributed by atoms with E-state index >= 15 is 0 Å². The third kappa shape index (κ3) is 1.98. The van der Waals surface area contributed by atoms with Crippen LogP contribution in [0.4, 0.5) is 5.95 Å². The first kappa shape index (κ1) is 13.6. The third-order valence-corrected chi connectivity index (χ3v) is 3.70. The molecule has 8 heteroatoms. The van der Waals surface area contributed by atoms with Crippen molar-refractivity contribution in [1.82, 2.24) is 18.7 Å². The van der Waals surface area contributed by atoms with Crippen LogP contribution in [0.5, 0.6) is 0 Å². The maximum atomic E-state index is 12.7. The lowest BCUT2D eigenvalue weighted by atomic mass is 10.3. The number of imidazole rings is 1.